The van der Waals surface area contributed by atoms with Crippen molar-refractivity contribution in [3.05, 3.63) is 11.8 Å². The van der Waals surface area contributed by atoms with E-state index in [1.54, 1.807) is 0 Å². The molecule has 0 aromatic rings. The van der Waals surface area contributed by atoms with Crippen LogP contribution >= 0.6 is 0 Å². The Kier molecular flexibility index (Phi) is 18.0. The molecule has 0 aromatic heterocycles. The van der Waals surface area contributed by atoms with Gasteiger partial charge in [0.15, 0.2) is 0 Å². The minimum atomic E-state index is -1.47. The van der Waals surface area contributed by atoms with Gasteiger partial charge >= 0.3 is 0 Å². The van der Waals surface area contributed by atoms with Crippen molar-refractivity contribution in [2.24, 2.45) is 0 Å². The molecule has 0 atom stereocenters. The topological polar surface area (TPSA) is 9.23 Å². The zero-order valence-electron chi connectivity index (χ0n) is 19.0. The highest BCUT2D eigenvalue weighted by molar-refractivity contribution is 6.70. The summed E-state index contributed by atoms with van der Waals surface area (Å²) in [7, 11) is -1.47. The molecule has 0 saturated carbocycles. The van der Waals surface area contributed by atoms with Crippen molar-refractivity contribution >= 4 is 8.32 Å². The third-order valence-corrected chi connectivity index (χ3v) is 5.77. The Morgan fingerprint density at radius 1 is 0.615 bits per heavy atom. The summed E-state index contributed by atoms with van der Waals surface area (Å²) in [6, 6.07) is 0. The molecule has 0 heterocycles. The highest BCUT2D eigenvalue weighted by atomic mass is 28.4. The second-order valence-electron chi connectivity index (χ2n) is 9.02. The van der Waals surface area contributed by atoms with E-state index >= 15 is 0 Å². The van der Waals surface area contributed by atoms with Crippen molar-refractivity contribution < 1.29 is 4.43 Å². The molecule has 26 heavy (non-hydrogen) atoms. The van der Waals surface area contributed by atoms with Crippen LogP contribution in [0.25, 0.3) is 0 Å². The average Bonchev–Trinajstić information content (AvgIpc) is 2.58. The molecule has 0 fully saturated rings. The van der Waals surface area contributed by atoms with E-state index in [1.807, 2.05) is 0 Å². The molecule has 0 rings (SSSR count). The minimum absolute atomic E-state index is 1.16. The van der Waals surface area contributed by atoms with Gasteiger partial charge in [-0.25, -0.2) is 0 Å². The summed E-state index contributed by atoms with van der Waals surface area (Å²) in [4.78, 5) is 0. The molecule has 0 N–H and O–H groups in total. The summed E-state index contributed by atoms with van der Waals surface area (Å²) in [6.07, 6.45) is 25.7. The van der Waals surface area contributed by atoms with E-state index in [2.05, 4.69) is 39.6 Å². The van der Waals surface area contributed by atoms with Crippen LogP contribution in [0.3, 0.4) is 0 Å². The van der Waals surface area contributed by atoms with Crippen LogP contribution in [-0.4, -0.2) is 8.32 Å². The van der Waals surface area contributed by atoms with Gasteiger partial charge in [0, 0.05) is 6.42 Å². The fourth-order valence-corrected chi connectivity index (χ4v) is 4.36. The van der Waals surface area contributed by atoms with Gasteiger partial charge in [-0.3, -0.25) is 0 Å². The number of unbranched alkanes of at least 4 members (excludes halogenated alkanes) is 14. The molecule has 0 aliphatic heterocycles. The van der Waals surface area contributed by atoms with Crippen LogP contribution in [0.2, 0.25) is 19.6 Å². The Balaban J connectivity index is 3.89. The lowest BCUT2D eigenvalue weighted by Gasteiger charge is -2.22. The molecule has 0 amide bonds. The standard InChI is InChI=1S/C24H50OSi/c1-6-8-10-12-14-16-18-20-22-24(25-26(3,4)5)23-21-19-17-15-13-11-9-7-2/h22H,6-21,23H2,1-5H3/b24-22-. The Hall–Kier alpha value is -0.243. The van der Waals surface area contributed by atoms with Gasteiger partial charge in [-0.1, -0.05) is 97.3 Å². The van der Waals surface area contributed by atoms with Gasteiger partial charge in [0.2, 0.25) is 8.32 Å². The van der Waals surface area contributed by atoms with Crippen LogP contribution in [-0.2, 0) is 4.43 Å². The van der Waals surface area contributed by atoms with Gasteiger partial charge in [-0.2, -0.15) is 0 Å². The number of allylic oxidation sites excluding steroid dienone is 2. The van der Waals surface area contributed by atoms with Crippen molar-refractivity contribution in [2.45, 2.75) is 143 Å². The monoisotopic (exact) mass is 382 g/mol. The van der Waals surface area contributed by atoms with E-state index in [4.69, 9.17) is 4.43 Å². The highest BCUT2D eigenvalue weighted by Crippen LogP contribution is 2.19. The molecule has 0 aromatic carbocycles. The Bertz CT molecular complexity index is 317. The molecular formula is C24H50OSi. The fourth-order valence-electron chi connectivity index (χ4n) is 3.39. The van der Waals surface area contributed by atoms with Crippen molar-refractivity contribution in [3.63, 3.8) is 0 Å². The van der Waals surface area contributed by atoms with Crippen LogP contribution in [0.1, 0.15) is 123 Å². The Labute approximate surface area is 167 Å². The first-order valence-corrected chi connectivity index (χ1v) is 15.3. The van der Waals surface area contributed by atoms with Crippen molar-refractivity contribution in [3.8, 4) is 0 Å². The van der Waals surface area contributed by atoms with Gasteiger partial charge in [-0.05, 0) is 45.0 Å². The minimum Gasteiger partial charge on any atom is -0.548 e. The predicted molar refractivity (Wildman–Crippen MR) is 122 cm³/mol. The normalized spacial score (nSPS) is 12.6. The Morgan fingerprint density at radius 2 is 1.04 bits per heavy atom. The lowest BCUT2D eigenvalue weighted by Crippen LogP contribution is -2.24. The molecule has 0 unspecified atom stereocenters. The number of hydrogen-bond donors (Lipinski definition) is 0. The molecule has 1 nitrogen and oxygen atoms in total. The first-order chi connectivity index (χ1) is 12.5. The third-order valence-electron chi connectivity index (χ3n) is 4.89. The largest absolute Gasteiger partial charge is 0.548 e. The molecule has 0 aliphatic rings. The van der Waals surface area contributed by atoms with Gasteiger partial charge in [-0.15, -0.1) is 0 Å². The zero-order chi connectivity index (χ0) is 19.5. The lowest BCUT2D eigenvalue weighted by atomic mass is 10.1. The molecular weight excluding hydrogens is 332 g/mol. The van der Waals surface area contributed by atoms with E-state index in [0.29, 0.717) is 0 Å². The number of rotatable bonds is 19. The van der Waals surface area contributed by atoms with Gasteiger partial charge in [0.05, 0.1) is 5.76 Å². The molecule has 2 heteroatoms. The Morgan fingerprint density at radius 3 is 1.50 bits per heavy atom. The van der Waals surface area contributed by atoms with Gasteiger partial charge < -0.3 is 4.43 Å². The van der Waals surface area contributed by atoms with Crippen LogP contribution in [0.5, 0.6) is 0 Å². The lowest BCUT2D eigenvalue weighted by molar-refractivity contribution is 0.387. The van der Waals surface area contributed by atoms with E-state index in [1.165, 1.54) is 108 Å². The highest BCUT2D eigenvalue weighted by Gasteiger charge is 2.17. The molecule has 0 saturated heterocycles. The summed E-state index contributed by atoms with van der Waals surface area (Å²) in [5.41, 5.74) is 0. The summed E-state index contributed by atoms with van der Waals surface area (Å²) in [6.45, 7) is 11.5. The maximum atomic E-state index is 6.36. The van der Waals surface area contributed by atoms with E-state index in [0.717, 1.165) is 6.42 Å². The van der Waals surface area contributed by atoms with Crippen LogP contribution in [0.15, 0.2) is 11.8 Å². The van der Waals surface area contributed by atoms with Gasteiger partial charge in [0.25, 0.3) is 0 Å². The van der Waals surface area contributed by atoms with E-state index in [-0.39, 0.29) is 0 Å². The van der Waals surface area contributed by atoms with Gasteiger partial charge in [0.1, 0.15) is 0 Å². The summed E-state index contributed by atoms with van der Waals surface area (Å²) < 4.78 is 6.36. The first kappa shape index (κ1) is 25.8. The van der Waals surface area contributed by atoms with Crippen LogP contribution in [0.4, 0.5) is 0 Å². The summed E-state index contributed by atoms with van der Waals surface area (Å²) in [5.74, 6) is 1.31. The van der Waals surface area contributed by atoms with Crippen molar-refractivity contribution in [1.82, 2.24) is 0 Å². The first-order valence-electron chi connectivity index (χ1n) is 11.9. The third kappa shape index (κ3) is 20.1. The van der Waals surface area contributed by atoms with Crippen LogP contribution < -0.4 is 0 Å². The average molecular weight is 383 g/mol. The van der Waals surface area contributed by atoms with Crippen molar-refractivity contribution in [2.75, 3.05) is 0 Å². The molecule has 0 spiro atoms. The smallest absolute Gasteiger partial charge is 0.241 e. The number of hydrogen-bond acceptors (Lipinski definition) is 1. The summed E-state index contributed by atoms with van der Waals surface area (Å²) >= 11 is 0. The van der Waals surface area contributed by atoms with Crippen molar-refractivity contribution in [1.29, 1.82) is 0 Å². The second kappa shape index (κ2) is 18.1. The van der Waals surface area contributed by atoms with Crippen LogP contribution in [0, 0.1) is 0 Å². The maximum Gasteiger partial charge on any atom is 0.241 e. The SMILES string of the molecule is CCCCCCCCC/C=C(/CCCCCCCCCC)O[Si](C)(C)C. The van der Waals surface area contributed by atoms with E-state index < -0.39 is 8.32 Å². The molecule has 156 valence electrons. The summed E-state index contributed by atoms with van der Waals surface area (Å²) in [5, 5.41) is 0. The molecule has 0 bridgehead atoms. The molecule has 0 aliphatic carbocycles. The maximum absolute atomic E-state index is 6.36. The zero-order valence-corrected chi connectivity index (χ0v) is 20.0. The predicted octanol–water partition coefficient (Wildman–Crippen LogP) is 9.39. The fraction of sp³-hybridized carbons (Fsp3) is 0.917. The van der Waals surface area contributed by atoms with E-state index in [9.17, 15) is 0 Å². The quantitative estimate of drug-likeness (QED) is 0.123. The molecule has 0 radical (unpaired) electrons. The second-order valence-corrected chi connectivity index (χ2v) is 13.4.